The zero-order valence-corrected chi connectivity index (χ0v) is 12.7. The minimum atomic E-state index is -0.385. The Morgan fingerprint density at radius 2 is 2.05 bits per heavy atom. The second-order valence-corrected chi connectivity index (χ2v) is 5.08. The van der Waals surface area contributed by atoms with Crippen molar-refractivity contribution in [1.29, 1.82) is 0 Å². The number of benzene rings is 2. The second kappa shape index (κ2) is 7.45. The van der Waals surface area contributed by atoms with E-state index in [1.54, 1.807) is 18.2 Å². The Labute approximate surface area is 129 Å². The van der Waals surface area contributed by atoms with Gasteiger partial charge in [-0.15, -0.1) is 0 Å². The largest absolute Gasteiger partial charge is 0.486 e. The highest BCUT2D eigenvalue weighted by molar-refractivity contribution is 5.92. The zero-order valence-electron chi connectivity index (χ0n) is 12.7. The summed E-state index contributed by atoms with van der Waals surface area (Å²) in [5.74, 6) is 0.134. The number of anilines is 1. The van der Waals surface area contributed by atoms with Crippen molar-refractivity contribution in [2.75, 3.05) is 11.9 Å². The van der Waals surface area contributed by atoms with Crippen LogP contribution in [0.1, 0.15) is 12.5 Å². The molecule has 0 saturated carbocycles. The van der Waals surface area contributed by atoms with E-state index in [0.717, 1.165) is 11.3 Å². The van der Waals surface area contributed by atoms with Crippen molar-refractivity contribution in [2.24, 2.45) is 10.7 Å². The van der Waals surface area contributed by atoms with E-state index < -0.39 is 0 Å². The average molecular weight is 301 g/mol. The molecule has 0 spiro atoms. The minimum absolute atomic E-state index is 0.218. The smallest absolute Gasteiger partial charge is 0.193 e. The fourth-order valence-electron chi connectivity index (χ4n) is 1.93. The van der Waals surface area contributed by atoms with Crippen LogP contribution in [0.5, 0.6) is 5.75 Å². The second-order valence-electron chi connectivity index (χ2n) is 5.08. The van der Waals surface area contributed by atoms with E-state index >= 15 is 0 Å². The van der Waals surface area contributed by atoms with Gasteiger partial charge in [0.15, 0.2) is 17.5 Å². The van der Waals surface area contributed by atoms with Crippen molar-refractivity contribution in [3.8, 4) is 5.75 Å². The molecular formula is C17H20FN3O. The summed E-state index contributed by atoms with van der Waals surface area (Å²) in [6.07, 6.45) is -0.283. The number of guanidine groups is 1. The van der Waals surface area contributed by atoms with Gasteiger partial charge in [-0.25, -0.2) is 9.38 Å². The van der Waals surface area contributed by atoms with Gasteiger partial charge in [0.05, 0.1) is 6.54 Å². The summed E-state index contributed by atoms with van der Waals surface area (Å²) in [6.45, 7) is 4.15. The number of nitrogens with zero attached hydrogens (tertiary/aromatic N) is 1. The standard InChI is InChI=1S/C17H20FN3O/c1-12-6-5-7-14(10-12)21-17(19)20-11-13(2)22-16-9-4-3-8-15(16)18/h3-10,13H,11H2,1-2H3,(H3,19,20,21). The SMILES string of the molecule is Cc1cccc(NC(N)=NCC(C)Oc2ccccc2F)c1. The number of nitrogens with two attached hydrogens (primary N) is 1. The van der Waals surface area contributed by atoms with Crippen LogP contribution in [0.3, 0.4) is 0 Å². The Bertz CT molecular complexity index is 658. The Morgan fingerprint density at radius 1 is 1.27 bits per heavy atom. The zero-order chi connectivity index (χ0) is 15.9. The Morgan fingerprint density at radius 3 is 2.77 bits per heavy atom. The van der Waals surface area contributed by atoms with E-state index in [9.17, 15) is 4.39 Å². The highest BCUT2D eigenvalue weighted by atomic mass is 19.1. The number of halogens is 1. The number of aryl methyl sites for hydroxylation is 1. The quantitative estimate of drug-likeness (QED) is 0.658. The molecule has 0 aliphatic heterocycles. The van der Waals surface area contributed by atoms with Gasteiger partial charge in [0, 0.05) is 5.69 Å². The van der Waals surface area contributed by atoms with Gasteiger partial charge in [0.2, 0.25) is 0 Å². The van der Waals surface area contributed by atoms with E-state index in [0.29, 0.717) is 12.5 Å². The average Bonchev–Trinajstić information content (AvgIpc) is 2.48. The number of para-hydroxylation sites is 1. The van der Waals surface area contributed by atoms with Crippen molar-refractivity contribution in [3.05, 3.63) is 59.9 Å². The van der Waals surface area contributed by atoms with Crippen molar-refractivity contribution in [1.82, 2.24) is 0 Å². The monoisotopic (exact) mass is 301 g/mol. The first-order chi connectivity index (χ1) is 10.5. The molecule has 0 heterocycles. The number of hydrogen-bond donors (Lipinski definition) is 2. The molecule has 1 atom stereocenters. The third-order valence-electron chi connectivity index (χ3n) is 2.97. The molecule has 2 rings (SSSR count). The molecular weight excluding hydrogens is 281 g/mol. The Hall–Kier alpha value is -2.56. The summed E-state index contributed by atoms with van der Waals surface area (Å²) in [6, 6.07) is 14.1. The highest BCUT2D eigenvalue weighted by Gasteiger charge is 2.07. The van der Waals surface area contributed by atoms with E-state index in [-0.39, 0.29) is 17.7 Å². The van der Waals surface area contributed by atoms with Crippen LogP contribution in [-0.2, 0) is 0 Å². The minimum Gasteiger partial charge on any atom is -0.486 e. The molecule has 2 aromatic rings. The number of ether oxygens (including phenoxy) is 1. The van der Waals surface area contributed by atoms with Crippen LogP contribution in [0.25, 0.3) is 0 Å². The van der Waals surface area contributed by atoms with Gasteiger partial charge in [-0.05, 0) is 43.7 Å². The number of rotatable bonds is 5. The van der Waals surface area contributed by atoms with Gasteiger partial charge >= 0.3 is 0 Å². The highest BCUT2D eigenvalue weighted by Crippen LogP contribution is 2.17. The van der Waals surface area contributed by atoms with Crippen LogP contribution < -0.4 is 15.8 Å². The van der Waals surface area contributed by atoms with Gasteiger partial charge in [0.25, 0.3) is 0 Å². The van der Waals surface area contributed by atoms with Crippen LogP contribution in [0.2, 0.25) is 0 Å². The summed E-state index contributed by atoms with van der Waals surface area (Å²) in [5, 5.41) is 3.01. The molecule has 0 amide bonds. The molecule has 0 radical (unpaired) electrons. The van der Waals surface area contributed by atoms with E-state index in [4.69, 9.17) is 10.5 Å². The van der Waals surface area contributed by atoms with Crippen LogP contribution in [0.15, 0.2) is 53.5 Å². The predicted octanol–water partition coefficient (Wildman–Crippen LogP) is 3.33. The van der Waals surface area contributed by atoms with E-state index in [1.165, 1.54) is 6.07 Å². The normalized spacial score (nSPS) is 12.8. The molecule has 2 aromatic carbocycles. The lowest BCUT2D eigenvalue weighted by atomic mass is 10.2. The number of hydrogen-bond acceptors (Lipinski definition) is 2. The summed E-state index contributed by atoms with van der Waals surface area (Å²) >= 11 is 0. The van der Waals surface area contributed by atoms with Gasteiger partial charge in [-0.3, -0.25) is 0 Å². The van der Waals surface area contributed by atoms with Gasteiger partial charge in [-0.1, -0.05) is 24.3 Å². The summed E-state index contributed by atoms with van der Waals surface area (Å²) < 4.78 is 19.0. The van der Waals surface area contributed by atoms with Crippen LogP contribution in [-0.4, -0.2) is 18.6 Å². The lowest BCUT2D eigenvalue weighted by Crippen LogP contribution is -2.25. The van der Waals surface area contributed by atoms with Crippen molar-refractivity contribution < 1.29 is 9.13 Å². The molecule has 4 nitrogen and oxygen atoms in total. The van der Waals surface area contributed by atoms with Gasteiger partial charge in [0.1, 0.15) is 6.10 Å². The number of aliphatic imine (C=N–C) groups is 1. The fourth-order valence-corrected chi connectivity index (χ4v) is 1.93. The summed E-state index contributed by atoms with van der Waals surface area (Å²) in [5.41, 5.74) is 7.85. The summed E-state index contributed by atoms with van der Waals surface area (Å²) in [4.78, 5) is 4.21. The predicted molar refractivity (Wildman–Crippen MR) is 87.8 cm³/mol. The third-order valence-corrected chi connectivity index (χ3v) is 2.97. The molecule has 3 N–H and O–H groups in total. The van der Waals surface area contributed by atoms with Crippen LogP contribution in [0, 0.1) is 12.7 Å². The lowest BCUT2D eigenvalue weighted by Gasteiger charge is -2.13. The van der Waals surface area contributed by atoms with Crippen LogP contribution in [0.4, 0.5) is 10.1 Å². The molecule has 0 bridgehead atoms. The fraction of sp³-hybridized carbons (Fsp3) is 0.235. The molecule has 0 aliphatic rings. The molecule has 1 unspecified atom stereocenters. The maximum absolute atomic E-state index is 13.5. The molecule has 0 saturated heterocycles. The molecule has 5 heteroatoms. The first-order valence-corrected chi connectivity index (χ1v) is 7.09. The Balaban J connectivity index is 1.89. The first kappa shape index (κ1) is 15.8. The van der Waals surface area contributed by atoms with Crippen LogP contribution >= 0.6 is 0 Å². The maximum atomic E-state index is 13.5. The number of nitrogens with one attached hydrogen (secondary N) is 1. The van der Waals surface area contributed by atoms with Crippen molar-refractivity contribution in [2.45, 2.75) is 20.0 Å². The summed E-state index contributed by atoms with van der Waals surface area (Å²) in [7, 11) is 0. The van der Waals surface area contributed by atoms with Crippen molar-refractivity contribution >= 4 is 11.6 Å². The van der Waals surface area contributed by atoms with Gasteiger partial charge in [-0.2, -0.15) is 0 Å². The molecule has 0 aliphatic carbocycles. The molecule has 0 fully saturated rings. The molecule has 116 valence electrons. The third kappa shape index (κ3) is 4.77. The van der Waals surface area contributed by atoms with Crippen molar-refractivity contribution in [3.63, 3.8) is 0 Å². The first-order valence-electron chi connectivity index (χ1n) is 7.09. The molecule has 22 heavy (non-hydrogen) atoms. The molecule has 0 aromatic heterocycles. The van der Waals surface area contributed by atoms with Gasteiger partial charge < -0.3 is 15.8 Å². The maximum Gasteiger partial charge on any atom is 0.193 e. The lowest BCUT2D eigenvalue weighted by molar-refractivity contribution is 0.220. The van der Waals surface area contributed by atoms with E-state index in [2.05, 4.69) is 10.3 Å². The topological polar surface area (TPSA) is 59.6 Å². The van der Waals surface area contributed by atoms with E-state index in [1.807, 2.05) is 38.1 Å². The Kier molecular flexibility index (Phi) is 5.36.